The van der Waals surface area contributed by atoms with Crippen molar-refractivity contribution in [2.75, 3.05) is 4.90 Å². The molecule has 2 heterocycles. The Bertz CT molecular complexity index is 1720. The Morgan fingerprint density at radius 3 is 2.38 bits per heavy atom. The number of carbonyl (C=O) groups is 3. The molecule has 6 rings (SSSR count). The van der Waals surface area contributed by atoms with Gasteiger partial charge in [0, 0.05) is 22.7 Å². The van der Waals surface area contributed by atoms with Gasteiger partial charge in [-0.1, -0.05) is 41.9 Å². The standard InChI is InChI=1S/C31H21ClFN3O4/c32-24-6-2-1-5-21(24)18-35(30(38)20-9-13-22(33)14-10-20)26-17-28(37)36(31(26)39)23-15-11-19(12-16-23)29-34-25-7-3-4-8-27(25)40-29/h1-16,26H,17-18H2. The second-order valence-electron chi connectivity index (χ2n) is 9.35. The summed E-state index contributed by atoms with van der Waals surface area (Å²) in [4.78, 5) is 47.3. The Labute approximate surface area is 233 Å². The molecular weight excluding hydrogens is 533 g/mol. The number of aromatic nitrogens is 1. The summed E-state index contributed by atoms with van der Waals surface area (Å²) in [7, 11) is 0. The Balaban J connectivity index is 1.30. The molecule has 5 aromatic rings. The summed E-state index contributed by atoms with van der Waals surface area (Å²) in [6.07, 6.45) is -0.205. The van der Waals surface area contributed by atoms with E-state index >= 15 is 0 Å². The molecular formula is C31H21ClFN3O4. The molecule has 1 aliphatic rings. The van der Waals surface area contributed by atoms with Crippen LogP contribution in [0, 0.1) is 5.82 Å². The van der Waals surface area contributed by atoms with Crippen LogP contribution in [0.5, 0.6) is 0 Å². The van der Waals surface area contributed by atoms with Crippen molar-refractivity contribution in [1.82, 2.24) is 9.88 Å². The van der Waals surface area contributed by atoms with E-state index in [2.05, 4.69) is 4.98 Å². The van der Waals surface area contributed by atoms with Crippen LogP contribution in [0.4, 0.5) is 10.1 Å². The van der Waals surface area contributed by atoms with Crippen molar-refractivity contribution in [3.8, 4) is 11.5 Å². The maximum atomic E-state index is 13.7. The average molecular weight is 554 g/mol. The number of fused-ring (bicyclic) bond motifs is 1. The molecule has 9 heteroatoms. The molecule has 40 heavy (non-hydrogen) atoms. The van der Waals surface area contributed by atoms with E-state index in [1.165, 1.54) is 29.2 Å². The molecule has 0 aliphatic carbocycles. The molecule has 1 fully saturated rings. The van der Waals surface area contributed by atoms with Crippen molar-refractivity contribution in [3.05, 3.63) is 119 Å². The second-order valence-corrected chi connectivity index (χ2v) is 9.76. The van der Waals surface area contributed by atoms with Gasteiger partial charge in [0.05, 0.1) is 12.1 Å². The highest BCUT2D eigenvalue weighted by Crippen LogP contribution is 2.31. The largest absolute Gasteiger partial charge is 0.436 e. The van der Waals surface area contributed by atoms with Gasteiger partial charge in [-0.05, 0) is 72.3 Å². The van der Waals surface area contributed by atoms with Crippen molar-refractivity contribution < 1.29 is 23.2 Å². The third-order valence-corrected chi connectivity index (χ3v) is 7.18. The Morgan fingerprint density at radius 1 is 0.950 bits per heavy atom. The normalized spacial score (nSPS) is 15.2. The summed E-state index contributed by atoms with van der Waals surface area (Å²) in [5.74, 6) is -1.57. The van der Waals surface area contributed by atoms with Gasteiger partial charge in [-0.2, -0.15) is 0 Å². The summed E-state index contributed by atoms with van der Waals surface area (Å²) >= 11 is 6.36. The lowest BCUT2D eigenvalue weighted by Gasteiger charge is -2.28. The van der Waals surface area contributed by atoms with Crippen LogP contribution in [0.3, 0.4) is 0 Å². The Kier molecular flexibility index (Phi) is 6.61. The van der Waals surface area contributed by atoms with Gasteiger partial charge in [-0.15, -0.1) is 0 Å². The molecule has 3 amide bonds. The van der Waals surface area contributed by atoms with E-state index < -0.39 is 29.6 Å². The van der Waals surface area contributed by atoms with Crippen LogP contribution in [-0.2, 0) is 16.1 Å². The number of anilines is 1. The van der Waals surface area contributed by atoms with Crippen LogP contribution < -0.4 is 4.90 Å². The van der Waals surface area contributed by atoms with Crippen LogP contribution in [0.15, 0.2) is 101 Å². The fourth-order valence-electron chi connectivity index (χ4n) is 4.77. The van der Waals surface area contributed by atoms with Gasteiger partial charge in [-0.25, -0.2) is 14.3 Å². The lowest BCUT2D eigenvalue weighted by atomic mass is 10.1. The van der Waals surface area contributed by atoms with Crippen LogP contribution in [-0.4, -0.2) is 33.6 Å². The average Bonchev–Trinajstić information content (AvgIpc) is 3.53. The highest BCUT2D eigenvalue weighted by Gasteiger charge is 2.44. The zero-order valence-corrected chi connectivity index (χ0v) is 21.7. The maximum Gasteiger partial charge on any atom is 0.257 e. The van der Waals surface area contributed by atoms with E-state index in [0.29, 0.717) is 33.3 Å². The van der Waals surface area contributed by atoms with Crippen LogP contribution >= 0.6 is 11.6 Å². The zero-order chi connectivity index (χ0) is 27.8. The van der Waals surface area contributed by atoms with Crippen LogP contribution in [0.2, 0.25) is 5.02 Å². The SMILES string of the molecule is O=C1CC(N(Cc2ccccc2Cl)C(=O)c2ccc(F)cc2)C(=O)N1c1ccc(-c2nc3ccccc3o2)cc1. The number of oxazole rings is 1. The van der Waals surface area contributed by atoms with Gasteiger partial charge in [0.1, 0.15) is 17.4 Å². The number of hydrogen-bond acceptors (Lipinski definition) is 5. The topological polar surface area (TPSA) is 83.7 Å². The van der Waals surface area contributed by atoms with E-state index in [0.717, 1.165) is 10.4 Å². The van der Waals surface area contributed by atoms with E-state index in [1.54, 1.807) is 48.5 Å². The van der Waals surface area contributed by atoms with Crippen molar-refractivity contribution >= 4 is 46.1 Å². The minimum Gasteiger partial charge on any atom is -0.436 e. The van der Waals surface area contributed by atoms with Gasteiger partial charge in [-0.3, -0.25) is 14.4 Å². The van der Waals surface area contributed by atoms with Crippen molar-refractivity contribution in [1.29, 1.82) is 0 Å². The molecule has 1 aromatic heterocycles. The molecule has 1 unspecified atom stereocenters. The fraction of sp³-hybridized carbons (Fsp3) is 0.0968. The number of carbonyl (C=O) groups excluding carboxylic acids is 3. The third-order valence-electron chi connectivity index (χ3n) is 6.82. The minimum atomic E-state index is -1.07. The van der Waals surface area contributed by atoms with Gasteiger partial charge >= 0.3 is 0 Å². The van der Waals surface area contributed by atoms with Gasteiger partial charge in [0.25, 0.3) is 11.8 Å². The van der Waals surface area contributed by atoms with E-state index in [4.69, 9.17) is 16.0 Å². The third kappa shape index (κ3) is 4.74. The molecule has 198 valence electrons. The molecule has 0 saturated carbocycles. The smallest absolute Gasteiger partial charge is 0.257 e. The first-order chi connectivity index (χ1) is 19.4. The number of nitrogens with zero attached hydrogens (tertiary/aromatic N) is 3. The summed E-state index contributed by atoms with van der Waals surface area (Å²) in [5.41, 5.74) is 3.22. The number of halogens is 2. The molecule has 1 saturated heterocycles. The number of benzene rings is 4. The number of amides is 3. The zero-order valence-electron chi connectivity index (χ0n) is 21.0. The number of imide groups is 1. The van der Waals surface area contributed by atoms with Crippen LogP contribution in [0.1, 0.15) is 22.3 Å². The second kappa shape index (κ2) is 10.4. The first kappa shape index (κ1) is 25.5. The summed E-state index contributed by atoms with van der Waals surface area (Å²) < 4.78 is 19.4. The molecule has 4 aromatic carbocycles. The first-order valence-corrected chi connectivity index (χ1v) is 12.9. The highest BCUT2D eigenvalue weighted by atomic mass is 35.5. The molecule has 7 nitrogen and oxygen atoms in total. The van der Waals surface area contributed by atoms with E-state index in [1.807, 2.05) is 24.3 Å². The van der Waals surface area contributed by atoms with Gasteiger partial charge < -0.3 is 9.32 Å². The van der Waals surface area contributed by atoms with Gasteiger partial charge in [0.15, 0.2) is 5.58 Å². The van der Waals surface area contributed by atoms with Gasteiger partial charge in [0.2, 0.25) is 11.8 Å². The molecule has 1 atom stereocenters. The Morgan fingerprint density at radius 2 is 1.65 bits per heavy atom. The van der Waals surface area contributed by atoms with Crippen molar-refractivity contribution in [3.63, 3.8) is 0 Å². The summed E-state index contributed by atoms with van der Waals surface area (Å²) in [6.45, 7) is -0.00985. The van der Waals surface area contributed by atoms with E-state index in [-0.39, 0.29) is 18.5 Å². The van der Waals surface area contributed by atoms with Crippen LogP contribution in [0.25, 0.3) is 22.6 Å². The molecule has 0 bridgehead atoms. The number of hydrogen-bond donors (Lipinski definition) is 0. The predicted octanol–water partition coefficient (Wildman–Crippen LogP) is 6.26. The molecule has 0 spiro atoms. The summed E-state index contributed by atoms with van der Waals surface area (Å²) in [6, 6.07) is 25.1. The fourth-order valence-corrected chi connectivity index (χ4v) is 4.97. The monoisotopic (exact) mass is 553 g/mol. The minimum absolute atomic E-state index is 0.00985. The van der Waals surface area contributed by atoms with Crippen molar-refractivity contribution in [2.24, 2.45) is 0 Å². The lowest BCUT2D eigenvalue weighted by Crippen LogP contribution is -2.45. The highest BCUT2D eigenvalue weighted by molar-refractivity contribution is 6.31. The predicted molar refractivity (Wildman–Crippen MR) is 148 cm³/mol. The first-order valence-electron chi connectivity index (χ1n) is 12.5. The molecule has 1 aliphatic heterocycles. The Hall–Kier alpha value is -4.82. The maximum absolute atomic E-state index is 13.7. The van der Waals surface area contributed by atoms with Crippen molar-refractivity contribution in [2.45, 2.75) is 19.0 Å². The number of rotatable bonds is 6. The molecule has 0 N–H and O–H groups in total. The van der Waals surface area contributed by atoms with E-state index in [9.17, 15) is 18.8 Å². The number of para-hydroxylation sites is 2. The molecule has 0 radical (unpaired) electrons. The quantitative estimate of drug-likeness (QED) is 0.232. The summed E-state index contributed by atoms with van der Waals surface area (Å²) in [5, 5.41) is 0.419. The lowest BCUT2D eigenvalue weighted by molar-refractivity contribution is -0.122.